The number of aromatic nitrogens is 2. The molecule has 164 valence electrons. The number of rotatable bonds is 4. The van der Waals surface area contributed by atoms with Gasteiger partial charge in [0.25, 0.3) is 11.5 Å². The van der Waals surface area contributed by atoms with Crippen LogP contribution in [0.3, 0.4) is 0 Å². The van der Waals surface area contributed by atoms with Crippen LogP contribution in [0, 0.1) is 0 Å². The van der Waals surface area contributed by atoms with Crippen LogP contribution in [0.2, 0.25) is 0 Å². The Labute approximate surface area is 190 Å². The number of nitrogens with zero attached hydrogens (tertiary/aromatic N) is 3. The zero-order valence-electron chi connectivity index (χ0n) is 17.8. The number of hydrogen-bond acceptors (Lipinski definition) is 4. The lowest BCUT2D eigenvalue weighted by Gasteiger charge is -2.24. The van der Waals surface area contributed by atoms with Crippen molar-refractivity contribution in [2.24, 2.45) is 0 Å². The number of nitrogens with one attached hydrogen (secondary N) is 1. The molecule has 2 heterocycles. The minimum absolute atomic E-state index is 0.161. The lowest BCUT2D eigenvalue weighted by molar-refractivity contribution is -0.119. The summed E-state index contributed by atoms with van der Waals surface area (Å²) in [7, 11) is 0. The molecular formula is C26H22N4O3. The third-order valence-corrected chi connectivity index (χ3v) is 5.87. The highest BCUT2D eigenvalue weighted by Crippen LogP contribution is 2.24. The molecule has 33 heavy (non-hydrogen) atoms. The second-order valence-corrected chi connectivity index (χ2v) is 7.96. The van der Waals surface area contributed by atoms with E-state index in [4.69, 9.17) is 0 Å². The highest BCUT2D eigenvalue weighted by atomic mass is 16.2. The molecule has 1 aromatic heterocycles. The van der Waals surface area contributed by atoms with Crippen LogP contribution in [0.4, 0.5) is 5.69 Å². The maximum absolute atomic E-state index is 13.7. The molecule has 7 nitrogen and oxygen atoms in total. The zero-order valence-corrected chi connectivity index (χ0v) is 17.8. The van der Waals surface area contributed by atoms with Crippen LogP contribution in [0.5, 0.6) is 0 Å². The van der Waals surface area contributed by atoms with E-state index < -0.39 is 6.04 Å². The van der Waals surface area contributed by atoms with E-state index in [-0.39, 0.29) is 23.1 Å². The Morgan fingerprint density at radius 1 is 0.848 bits per heavy atom. The van der Waals surface area contributed by atoms with Crippen molar-refractivity contribution in [2.75, 3.05) is 11.9 Å². The van der Waals surface area contributed by atoms with E-state index in [9.17, 15) is 14.4 Å². The van der Waals surface area contributed by atoms with Gasteiger partial charge in [0, 0.05) is 17.6 Å². The largest absolute Gasteiger partial charge is 0.325 e. The Hall–Kier alpha value is -4.26. The molecule has 1 fully saturated rings. The summed E-state index contributed by atoms with van der Waals surface area (Å²) < 4.78 is 1.25. The molecule has 2 amide bonds. The van der Waals surface area contributed by atoms with Gasteiger partial charge in [0.15, 0.2) is 5.69 Å². The molecule has 5 rings (SSSR count). The van der Waals surface area contributed by atoms with E-state index in [1.807, 2.05) is 48.5 Å². The Morgan fingerprint density at radius 2 is 1.48 bits per heavy atom. The molecule has 0 saturated carbocycles. The van der Waals surface area contributed by atoms with Gasteiger partial charge in [-0.1, -0.05) is 54.6 Å². The zero-order chi connectivity index (χ0) is 22.8. The number of anilines is 1. The molecule has 0 bridgehead atoms. The van der Waals surface area contributed by atoms with E-state index >= 15 is 0 Å². The monoisotopic (exact) mass is 438 g/mol. The minimum atomic E-state index is -0.602. The summed E-state index contributed by atoms with van der Waals surface area (Å²) >= 11 is 0. The number of amides is 2. The predicted molar refractivity (Wildman–Crippen MR) is 126 cm³/mol. The first kappa shape index (κ1) is 20.6. The van der Waals surface area contributed by atoms with Crippen molar-refractivity contribution in [1.82, 2.24) is 14.7 Å². The summed E-state index contributed by atoms with van der Waals surface area (Å²) in [4.78, 5) is 41.4. The van der Waals surface area contributed by atoms with Crippen molar-refractivity contribution in [2.45, 2.75) is 18.9 Å². The Morgan fingerprint density at radius 3 is 2.21 bits per heavy atom. The summed E-state index contributed by atoms with van der Waals surface area (Å²) in [5, 5.41) is 8.26. The number of fused-ring (bicyclic) bond motifs is 1. The standard InChI is InChI=1S/C26H22N4O3/c31-24(27-18-10-3-1-4-11-18)22-16-9-17-29(22)26(33)23-20-14-7-8-15-21(20)25(32)30(28-23)19-12-5-2-6-13-19/h1-8,10-15,22H,9,16-17H2,(H,27,31). The fraction of sp³-hybridized carbons (Fsp3) is 0.154. The minimum Gasteiger partial charge on any atom is -0.325 e. The van der Waals surface area contributed by atoms with E-state index in [1.54, 1.807) is 41.3 Å². The molecule has 1 atom stereocenters. The fourth-order valence-corrected chi connectivity index (χ4v) is 4.26. The van der Waals surface area contributed by atoms with Crippen LogP contribution < -0.4 is 10.9 Å². The second kappa shape index (κ2) is 8.70. The van der Waals surface area contributed by atoms with Crippen molar-refractivity contribution in [1.29, 1.82) is 0 Å². The predicted octanol–water partition coefficient (Wildman–Crippen LogP) is 3.63. The molecule has 0 aliphatic carbocycles. The van der Waals surface area contributed by atoms with Crippen molar-refractivity contribution in [3.63, 3.8) is 0 Å². The van der Waals surface area contributed by atoms with Gasteiger partial charge in [0.05, 0.1) is 11.1 Å². The molecular weight excluding hydrogens is 416 g/mol. The first-order chi connectivity index (χ1) is 16.1. The van der Waals surface area contributed by atoms with Gasteiger partial charge in [-0.3, -0.25) is 14.4 Å². The summed E-state index contributed by atoms with van der Waals surface area (Å²) in [5.41, 5.74) is 1.12. The first-order valence-corrected chi connectivity index (χ1v) is 10.9. The third kappa shape index (κ3) is 3.89. The molecule has 0 radical (unpaired) electrons. The van der Waals surface area contributed by atoms with Gasteiger partial charge in [0.2, 0.25) is 5.91 Å². The summed E-state index contributed by atoms with van der Waals surface area (Å²) in [5.74, 6) is -0.589. The second-order valence-electron chi connectivity index (χ2n) is 7.96. The quantitative estimate of drug-likeness (QED) is 0.527. The van der Waals surface area contributed by atoms with Crippen LogP contribution in [-0.4, -0.2) is 39.1 Å². The molecule has 3 aromatic carbocycles. The number of carbonyl (C=O) groups excluding carboxylic acids is 2. The maximum Gasteiger partial charge on any atom is 0.279 e. The third-order valence-electron chi connectivity index (χ3n) is 5.87. The highest BCUT2D eigenvalue weighted by molar-refractivity contribution is 6.07. The van der Waals surface area contributed by atoms with Gasteiger partial charge < -0.3 is 10.2 Å². The van der Waals surface area contributed by atoms with Crippen LogP contribution in [0.15, 0.2) is 89.7 Å². The molecule has 0 spiro atoms. The molecule has 1 unspecified atom stereocenters. The Kier molecular flexibility index (Phi) is 5.44. The smallest absolute Gasteiger partial charge is 0.279 e. The molecule has 1 saturated heterocycles. The molecule has 4 aromatic rings. The van der Waals surface area contributed by atoms with Crippen LogP contribution in [0.25, 0.3) is 16.5 Å². The SMILES string of the molecule is O=C(Nc1ccccc1)C1CCCN1C(=O)c1nn(-c2ccccc2)c(=O)c2ccccc12. The van der Waals surface area contributed by atoms with E-state index in [0.29, 0.717) is 35.1 Å². The highest BCUT2D eigenvalue weighted by Gasteiger charge is 2.36. The number of hydrogen-bond donors (Lipinski definition) is 1. The van der Waals surface area contributed by atoms with E-state index in [1.165, 1.54) is 4.68 Å². The molecule has 1 aliphatic rings. The normalized spacial score (nSPS) is 15.5. The Bertz CT molecular complexity index is 1380. The lowest BCUT2D eigenvalue weighted by Crippen LogP contribution is -2.44. The number of para-hydroxylation sites is 2. The number of benzene rings is 3. The maximum atomic E-state index is 13.7. The van der Waals surface area contributed by atoms with Crippen molar-refractivity contribution in [3.05, 3.63) is 101 Å². The summed E-state index contributed by atoms with van der Waals surface area (Å²) in [6.07, 6.45) is 1.29. The molecule has 1 N–H and O–H groups in total. The number of carbonyl (C=O) groups is 2. The van der Waals surface area contributed by atoms with Gasteiger partial charge in [-0.05, 0) is 43.2 Å². The molecule has 1 aliphatic heterocycles. The van der Waals surface area contributed by atoms with Crippen LogP contribution in [0.1, 0.15) is 23.3 Å². The van der Waals surface area contributed by atoms with Crippen molar-refractivity contribution < 1.29 is 9.59 Å². The summed E-state index contributed by atoms with van der Waals surface area (Å²) in [6, 6.07) is 24.5. The van der Waals surface area contributed by atoms with Gasteiger partial charge in [-0.25, -0.2) is 0 Å². The van der Waals surface area contributed by atoms with Gasteiger partial charge in [-0.2, -0.15) is 9.78 Å². The fourth-order valence-electron chi connectivity index (χ4n) is 4.26. The van der Waals surface area contributed by atoms with Crippen LogP contribution in [-0.2, 0) is 4.79 Å². The Balaban J connectivity index is 1.54. The van der Waals surface area contributed by atoms with Gasteiger partial charge in [-0.15, -0.1) is 0 Å². The average molecular weight is 438 g/mol. The van der Waals surface area contributed by atoms with Crippen LogP contribution >= 0.6 is 0 Å². The topological polar surface area (TPSA) is 84.3 Å². The average Bonchev–Trinajstić information content (AvgIpc) is 3.36. The van der Waals surface area contributed by atoms with Gasteiger partial charge >= 0.3 is 0 Å². The van der Waals surface area contributed by atoms with Gasteiger partial charge in [0.1, 0.15) is 6.04 Å². The lowest BCUT2D eigenvalue weighted by atomic mass is 10.1. The number of likely N-dealkylation sites (tertiary alicyclic amines) is 1. The first-order valence-electron chi connectivity index (χ1n) is 10.9. The van der Waals surface area contributed by atoms with E-state index in [0.717, 1.165) is 6.42 Å². The van der Waals surface area contributed by atoms with E-state index in [2.05, 4.69) is 10.4 Å². The molecule has 7 heteroatoms. The van der Waals surface area contributed by atoms with Crippen molar-refractivity contribution in [3.8, 4) is 5.69 Å². The summed E-state index contributed by atoms with van der Waals surface area (Å²) in [6.45, 7) is 0.451. The van der Waals surface area contributed by atoms with Crippen molar-refractivity contribution >= 4 is 28.3 Å².